The van der Waals surface area contributed by atoms with E-state index in [-0.39, 0.29) is 6.54 Å². The molecular weight excluding hydrogens is 485 g/mol. The molecule has 0 radical (unpaired) electrons. The first-order valence-electron chi connectivity index (χ1n) is 9.48. The Bertz CT molecular complexity index is 1080. The molecule has 0 aliphatic heterocycles. The molecule has 2 aromatic heterocycles. The van der Waals surface area contributed by atoms with Crippen molar-refractivity contribution in [2.45, 2.75) is 37.8 Å². The van der Waals surface area contributed by atoms with Gasteiger partial charge in [-0.3, -0.25) is 4.98 Å². The summed E-state index contributed by atoms with van der Waals surface area (Å²) in [5, 5.41) is 0. The summed E-state index contributed by atoms with van der Waals surface area (Å²) >= 11 is 1.66. The topological polar surface area (TPSA) is 70.4 Å². The Balaban J connectivity index is 1.98. The van der Waals surface area contributed by atoms with Crippen molar-refractivity contribution in [3.63, 3.8) is 0 Å². The summed E-state index contributed by atoms with van der Waals surface area (Å²) in [4.78, 5) is 18.3. The molecule has 6 nitrogen and oxygen atoms in total. The van der Waals surface area contributed by atoms with Gasteiger partial charge in [-0.25, -0.2) is 9.18 Å². The zero-order valence-electron chi connectivity index (χ0n) is 17.6. The number of aromatic nitrogens is 2. The van der Waals surface area contributed by atoms with E-state index in [0.717, 1.165) is 0 Å². The second-order valence-corrected chi connectivity index (χ2v) is 10.2. The van der Waals surface area contributed by atoms with Gasteiger partial charge < -0.3 is 14.2 Å². The molecule has 0 saturated carbocycles. The summed E-state index contributed by atoms with van der Waals surface area (Å²) in [6.45, 7) is 5.58. The summed E-state index contributed by atoms with van der Waals surface area (Å²) in [5.41, 5.74) is 0.807. The maximum atomic E-state index is 14.6. The van der Waals surface area contributed by atoms with Gasteiger partial charge in [-0.2, -0.15) is 3.97 Å². The van der Waals surface area contributed by atoms with Gasteiger partial charge in [0.2, 0.25) is 0 Å². The number of nitrogens with zero attached hydrogens (tertiary/aromatic N) is 3. The van der Waals surface area contributed by atoms with Crippen LogP contribution in [0.1, 0.15) is 26.3 Å². The number of ether oxygens (including phenoxy) is 1. The van der Waals surface area contributed by atoms with Crippen LogP contribution in [0.15, 0.2) is 64.4 Å². The number of carbonyl (C=O) groups excluding carboxylic acids is 1. The molecule has 2 heterocycles. The molecule has 0 aliphatic carbocycles. The van der Waals surface area contributed by atoms with Crippen LogP contribution in [-0.4, -0.2) is 37.2 Å². The van der Waals surface area contributed by atoms with Crippen LogP contribution in [0.2, 0.25) is 0 Å². The van der Waals surface area contributed by atoms with Gasteiger partial charge in [-0.05, 0) is 60.5 Å². The highest BCUT2D eigenvalue weighted by Gasteiger charge is 2.25. The summed E-state index contributed by atoms with van der Waals surface area (Å²) in [7, 11) is 1.61. The third-order valence-electron chi connectivity index (χ3n) is 4.18. The van der Waals surface area contributed by atoms with Crippen molar-refractivity contribution in [3.8, 4) is 11.3 Å². The van der Waals surface area contributed by atoms with Crippen molar-refractivity contribution < 1.29 is 18.5 Å². The number of hydrogen-bond acceptors (Lipinski definition) is 4. The Morgan fingerprint density at radius 2 is 2.00 bits per heavy atom. The number of rotatable bonds is 5. The van der Waals surface area contributed by atoms with Crippen LogP contribution in [0.4, 0.5) is 9.18 Å². The molecular formula is C22H23BrFN3O3S. The standard InChI is InChI=1S/C22H23BrFN3O3S/c1-22(2,3)30-21(28)26(4)13-15-9-20(18-7-5-6-8-19(18)24)27(14-15)31(29)17-10-16(23)11-25-12-17/h5-12,14H,13H2,1-4H3. The van der Waals surface area contributed by atoms with E-state index in [1.54, 1.807) is 70.5 Å². The zero-order chi connectivity index (χ0) is 22.8. The van der Waals surface area contributed by atoms with Gasteiger partial charge in [-0.15, -0.1) is 0 Å². The van der Waals surface area contributed by atoms with Gasteiger partial charge in [0.25, 0.3) is 0 Å². The van der Waals surface area contributed by atoms with Gasteiger partial charge in [0.05, 0.1) is 18.9 Å². The van der Waals surface area contributed by atoms with Crippen LogP contribution in [0.25, 0.3) is 11.3 Å². The van der Waals surface area contributed by atoms with E-state index in [2.05, 4.69) is 20.9 Å². The summed E-state index contributed by atoms with van der Waals surface area (Å²) < 4.78 is 35.4. The third-order valence-corrected chi connectivity index (χ3v) is 5.90. The Morgan fingerprint density at radius 1 is 1.29 bits per heavy atom. The lowest BCUT2D eigenvalue weighted by Crippen LogP contribution is -2.33. The summed E-state index contributed by atoms with van der Waals surface area (Å²) in [5.74, 6) is -0.432. The minimum atomic E-state index is -1.68. The lowest BCUT2D eigenvalue weighted by atomic mass is 10.1. The molecule has 164 valence electrons. The summed E-state index contributed by atoms with van der Waals surface area (Å²) in [6, 6.07) is 9.70. The lowest BCUT2D eigenvalue weighted by molar-refractivity contribution is 0.0285. The van der Waals surface area contributed by atoms with E-state index in [0.29, 0.717) is 26.2 Å². The maximum Gasteiger partial charge on any atom is 0.410 e. The van der Waals surface area contributed by atoms with E-state index in [4.69, 9.17) is 4.74 Å². The smallest absolute Gasteiger partial charge is 0.410 e. The highest BCUT2D eigenvalue weighted by atomic mass is 79.9. The average molecular weight is 508 g/mol. The molecule has 31 heavy (non-hydrogen) atoms. The van der Waals surface area contributed by atoms with Crippen LogP contribution < -0.4 is 0 Å². The minimum Gasteiger partial charge on any atom is -0.587 e. The Kier molecular flexibility index (Phi) is 7.08. The molecule has 0 spiro atoms. The zero-order valence-corrected chi connectivity index (χ0v) is 20.0. The van der Waals surface area contributed by atoms with E-state index in [1.807, 2.05) is 0 Å². The number of halogens is 2. The first kappa shape index (κ1) is 23.3. The van der Waals surface area contributed by atoms with Crippen LogP contribution in [0.3, 0.4) is 0 Å². The number of hydrogen-bond donors (Lipinski definition) is 0. The van der Waals surface area contributed by atoms with Gasteiger partial charge in [0, 0.05) is 29.3 Å². The average Bonchev–Trinajstić information content (AvgIpc) is 3.09. The quantitative estimate of drug-likeness (QED) is 0.434. The van der Waals surface area contributed by atoms with Gasteiger partial charge in [0.1, 0.15) is 28.5 Å². The lowest BCUT2D eigenvalue weighted by Gasteiger charge is -2.24. The van der Waals surface area contributed by atoms with Crippen molar-refractivity contribution in [2.24, 2.45) is 0 Å². The molecule has 0 bridgehead atoms. The van der Waals surface area contributed by atoms with Crippen molar-refractivity contribution >= 4 is 33.4 Å². The van der Waals surface area contributed by atoms with Crippen molar-refractivity contribution in [1.29, 1.82) is 0 Å². The SMILES string of the molecule is CN(Cc1cc(-c2ccccc2F)n([S+]([O-])c2cncc(Br)c2)c1)C(=O)OC(C)(C)C. The fourth-order valence-corrected chi connectivity index (χ4v) is 4.55. The molecule has 1 atom stereocenters. The van der Waals surface area contributed by atoms with Crippen LogP contribution in [-0.2, 0) is 22.6 Å². The normalized spacial score (nSPS) is 12.5. The predicted molar refractivity (Wildman–Crippen MR) is 121 cm³/mol. The fraction of sp³-hybridized carbons (Fsp3) is 0.273. The number of benzene rings is 1. The number of amides is 1. The first-order chi connectivity index (χ1) is 14.5. The maximum absolute atomic E-state index is 14.6. The van der Waals surface area contributed by atoms with Crippen molar-refractivity contribution in [3.05, 3.63) is 70.8 Å². The van der Waals surface area contributed by atoms with E-state index >= 15 is 0 Å². The molecule has 0 saturated heterocycles. The monoisotopic (exact) mass is 507 g/mol. The molecule has 3 rings (SSSR count). The largest absolute Gasteiger partial charge is 0.587 e. The second kappa shape index (κ2) is 9.42. The second-order valence-electron chi connectivity index (χ2n) is 7.96. The fourth-order valence-electron chi connectivity index (χ4n) is 2.87. The minimum absolute atomic E-state index is 0.206. The van der Waals surface area contributed by atoms with Crippen molar-refractivity contribution in [2.75, 3.05) is 7.05 Å². The Labute approximate surface area is 192 Å². The number of carbonyl (C=O) groups is 1. The van der Waals surface area contributed by atoms with Crippen molar-refractivity contribution in [1.82, 2.24) is 13.9 Å². The molecule has 1 amide bonds. The number of pyridine rings is 1. The Hall–Kier alpha value is -2.36. The van der Waals surface area contributed by atoms with E-state index in [1.165, 1.54) is 21.1 Å². The molecule has 0 N–H and O–H groups in total. The van der Waals surface area contributed by atoms with Gasteiger partial charge in [0.15, 0.2) is 4.90 Å². The highest BCUT2D eigenvalue weighted by Crippen LogP contribution is 2.30. The van der Waals surface area contributed by atoms with E-state index in [9.17, 15) is 13.7 Å². The molecule has 3 aromatic rings. The summed E-state index contributed by atoms with van der Waals surface area (Å²) in [6.07, 6.45) is 4.26. The first-order valence-corrected chi connectivity index (χ1v) is 11.4. The molecule has 1 aromatic carbocycles. The molecule has 1 unspecified atom stereocenters. The van der Waals surface area contributed by atoms with Crippen LogP contribution in [0, 0.1) is 5.82 Å². The van der Waals surface area contributed by atoms with Crippen LogP contribution in [0.5, 0.6) is 0 Å². The predicted octanol–water partition coefficient (Wildman–Crippen LogP) is 5.39. The van der Waals surface area contributed by atoms with E-state index < -0.39 is 28.9 Å². The van der Waals surface area contributed by atoms with Gasteiger partial charge in [-0.1, -0.05) is 12.1 Å². The highest BCUT2D eigenvalue weighted by molar-refractivity contribution is 9.10. The third kappa shape index (κ3) is 5.87. The van der Waals surface area contributed by atoms with Crippen LogP contribution >= 0.6 is 15.9 Å². The molecule has 0 fully saturated rings. The van der Waals surface area contributed by atoms with Gasteiger partial charge >= 0.3 is 6.09 Å². The molecule has 9 heteroatoms. The Morgan fingerprint density at radius 3 is 2.65 bits per heavy atom. The molecule has 0 aliphatic rings.